The standard InChI is InChI=1S/C24H31ClO10/c1-9-14(25)19-24(10(2)21(30)34-19)20(33-12(4)27)17-22(5,18(29)15(28)16(9)35-24)13(32-11(3)26)6-7-23(17)8-31-23/h10,13-20,28-29H,1,6-8H2,2-5H3/t10-,13-,14-,15+,16+,17+,18-,19-,20-,22-,23-,24-/m0/s1. The summed E-state index contributed by atoms with van der Waals surface area (Å²) in [6.07, 6.45) is -6.55. The molecule has 0 radical (unpaired) electrons. The summed E-state index contributed by atoms with van der Waals surface area (Å²) in [7, 11) is 0. The number of hydrogen-bond acceptors (Lipinski definition) is 10. The molecule has 0 unspecified atom stereocenters. The summed E-state index contributed by atoms with van der Waals surface area (Å²) in [6.45, 7) is 10.1. The lowest BCUT2D eigenvalue weighted by Crippen LogP contribution is -2.76. The third kappa shape index (κ3) is 3.19. The van der Waals surface area contributed by atoms with Crippen LogP contribution in [0.3, 0.4) is 0 Å². The van der Waals surface area contributed by atoms with Crippen molar-refractivity contribution in [1.82, 2.24) is 0 Å². The van der Waals surface area contributed by atoms with E-state index in [1.165, 1.54) is 13.8 Å². The molecule has 0 amide bonds. The summed E-state index contributed by atoms with van der Waals surface area (Å²) < 4.78 is 29.7. The number of carbonyl (C=O) groups excluding carboxylic acids is 3. The number of alkyl halides is 1. The molecule has 11 heteroatoms. The number of esters is 3. The zero-order valence-corrected chi connectivity index (χ0v) is 20.8. The van der Waals surface area contributed by atoms with Crippen molar-refractivity contribution in [2.45, 2.75) is 93.7 Å². The minimum absolute atomic E-state index is 0.224. The average Bonchev–Trinajstić information content (AvgIpc) is 3.50. The minimum Gasteiger partial charge on any atom is -0.462 e. The van der Waals surface area contributed by atoms with Gasteiger partial charge < -0.3 is 33.9 Å². The number of aliphatic hydroxyl groups is 2. The number of rotatable bonds is 2. The summed E-state index contributed by atoms with van der Waals surface area (Å²) in [6, 6.07) is 0. The van der Waals surface area contributed by atoms with Gasteiger partial charge in [0.2, 0.25) is 0 Å². The second kappa shape index (κ2) is 7.89. The Hall–Kier alpha value is -1.72. The Balaban J connectivity index is 1.79. The van der Waals surface area contributed by atoms with E-state index in [-0.39, 0.29) is 5.57 Å². The van der Waals surface area contributed by atoms with Crippen LogP contribution in [0.2, 0.25) is 0 Å². The van der Waals surface area contributed by atoms with Gasteiger partial charge in [-0.05, 0) is 25.3 Å². The van der Waals surface area contributed by atoms with Crippen LogP contribution >= 0.6 is 11.6 Å². The van der Waals surface area contributed by atoms with E-state index in [2.05, 4.69) is 6.58 Å². The van der Waals surface area contributed by atoms with E-state index in [1.807, 2.05) is 0 Å². The number of carbonyl (C=O) groups is 3. The van der Waals surface area contributed by atoms with Crippen LogP contribution in [0.5, 0.6) is 0 Å². The molecule has 4 aliphatic heterocycles. The van der Waals surface area contributed by atoms with Gasteiger partial charge in [-0.2, -0.15) is 0 Å². The third-order valence-corrected chi connectivity index (χ3v) is 9.44. The second-order valence-corrected chi connectivity index (χ2v) is 11.2. The smallest absolute Gasteiger partial charge is 0.312 e. The lowest BCUT2D eigenvalue weighted by Gasteiger charge is -2.61. The maximum Gasteiger partial charge on any atom is 0.312 e. The van der Waals surface area contributed by atoms with Crippen molar-refractivity contribution in [3.8, 4) is 0 Å². The zero-order chi connectivity index (χ0) is 25.7. The molecule has 5 aliphatic rings. The Labute approximate surface area is 207 Å². The predicted molar refractivity (Wildman–Crippen MR) is 118 cm³/mol. The predicted octanol–water partition coefficient (Wildman–Crippen LogP) is 0.633. The molecular weight excluding hydrogens is 484 g/mol. The molecule has 2 bridgehead atoms. The summed E-state index contributed by atoms with van der Waals surface area (Å²) in [5, 5.41) is 22.2. The van der Waals surface area contributed by atoms with E-state index in [9.17, 15) is 24.6 Å². The van der Waals surface area contributed by atoms with Gasteiger partial charge in [-0.25, -0.2) is 0 Å². The van der Waals surface area contributed by atoms with Gasteiger partial charge in [-0.1, -0.05) is 13.5 Å². The molecule has 194 valence electrons. The maximum absolute atomic E-state index is 12.9. The number of aliphatic hydroxyl groups excluding tert-OH is 2. The first-order chi connectivity index (χ1) is 16.3. The van der Waals surface area contributed by atoms with E-state index in [0.717, 1.165) is 0 Å². The molecule has 35 heavy (non-hydrogen) atoms. The summed E-state index contributed by atoms with van der Waals surface area (Å²) >= 11 is 6.74. The largest absolute Gasteiger partial charge is 0.462 e. The van der Waals surface area contributed by atoms with Crippen LogP contribution in [0.15, 0.2) is 12.2 Å². The maximum atomic E-state index is 12.9. The van der Waals surface area contributed by atoms with Crippen molar-refractivity contribution in [2.24, 2.45) is 17.3 Å². The fraction of sp³-hybridized carbons (Fsp3) is 0.792. The van der Waals surface area contributed by atoms with E-state index < -0.39 is 88.4 Å². The quantitative estimate of drug-likeness (QED) is 0.177. The molecule has 10 nitrogen and oxygen atoms in total. The molecule has 0 aromatic carbocycles. The Morgan fingerprint density at radius 1 is 1.20 bits per heavy atom. The highest BCUT2D eigenvalue weighted by Crippen LogP contribution is 2.64. The van der Waals surface area contributed by atoms with Crippen molar-refractivity contribution in [1.29, 1.82) is 0 Å². The lowest BCUT2D eigenvalue weighted by atomic mass is 9.51. The first kappa shape index (κ1) is 25.0. The molecule has 5 rings (SSSR count). The normalized spacial score (nSPS) is 52.5. The number of ether oxygens (including phenoxy) is 5. The molecule has 1 saturated carbocycles. The summed E-state index contributed by atoms with van der Waals surface area (Å²) in [4.78, 5) is 37.5. The van der Waals surface area contributed by atoms with Crippen molar-refractivity contribution >= 4 is 29.5 Å². The van der Waals surface area contributed by atoms with Gasteiger partial charge in [0.15, 0.2) is 11.7 Å². The van der Waals surface area contributed by atoms with Crippen LogP contribution in [0, 0.1) is 17.3 Å². The lowest BCUT2D eigenvalue weighted by molar-refractivity contribution is -0.305. The molecule has 0 aromatic rings. The highest BCUT2D eigenvalue weighted by Gasteiger charge is 2.79. The molecule has 12 atom stereocenters. The van der Waals surface area contributed by atoms with Crippen LogP contribution in [0.1, 0.15) is 40.5 Å². The molecule has 4 heterocycles. The molecule has 0 aromatic heterocycles. The van der Waals surface area contributed by atoms with Gasteiger partial charge in [0, 0.05) is 25.2 Å². The van der Waals surface area contributed by atoms with Crippen LogP contribution in [-0.2, 0) is 38.1 Å². The number of hydrogen-bond donors (Lipinski definition) is 2. The SMILES string of the molecule is C=C1[C@H]2O[C@]3([C@@H](C)C(=O)O[C@H]3[C@H]1Cl)[C@@H](OC(C)=O)[C@H]1[C@]3(CC[C@H](OC(C)=O)[C@]1(C)[C@@H](O)[C@@H]2O)CO3. The average molecular weight is 515 g/mol. The Kier molecular flexibility index (Phi) is 5.62. The molecule has 1 aliphatic carbocycles. The third-order valence-electron chi connectivity index (χ3n) is 8.93. The van der Waals surface area contributed by atoms with Gasteiger partial charge in [0.25, 0.3) is 0 Å². The molecule has 2 N–H and O–H groups in total. The van der Waals surface area contributed by atoms with Crippen LogP contribution in [-0.4, -0.2) is 87.9 Å². The summed E-state index contributed by atoms with van der Waals surface area (Å²) in [5.41, 5.74) is -3.60. The zero-order valence-electron chi connectivity index (χ0n) is 20.1. The Morgan fingerprint density at radius 3 is 2.40 bits per heavy atom. The number of halogens is 1. The molecule has 2 spiro atoms. The van der Waals surface area contributed by atoms with E-state index in [0.29, 0.717) is 19.4 Å². The van der Waals surface area contributed by atoms with Gasteiger partial charge in [-0.3, -0.25) is 14.4 Å². The Bertz CT molecular complexity index is 979. The van der Waals surface area contributed by atoms with Crippen molar-refractivity contribution in [3.05, 3.63) is 12.2 Å². The fourth-order valence-electron chi connectivity index (χ4n) is 7.14. The van der Waals surface area contributed by atoms with Gasteiger partial charge >= 0.3 is 17.9 Å². The number of fused-ring (bicyclic) bond motifs is 3. The van der Waals surface area contributed by atoms with Gasteiger partial charge in [0.1, 0.15) is 24.4 Å². The second-order valence-electron chi connectivity index (χ2n) is 10.7. The van der Waals surface area contributed by atoms with Crippen molar-refractivity contribution in [3.63, 3.8) is 0 Å². The van der Waals surface area contributed by atoms with Crippen LogP contribution in [0.25, 0.3) is 0 Å². The van der Waals surface area contributed by atoms with Crippen LogP contribution in [0.4, 0.5) is 0 Å². The van der Waals surface area contributed by atoms with E-state index in [4.69, 9.17) is 35.3 Å². The van der Waals surface area contributed by atoms with Crippen molar-refractivity contribution in [2.75, 3.05) is 6.61 Å². The minimum atomic E-state index is -1.61. The van der Waals surface area contributed by atoms with E-state index >= 15 is 0 Å². The molecule has 5 fully saturated rings. The Morgan fingerprint density at radius 2 is 1.83 bits per heavy atom. The number of epoxide rings is 1. The first-order valence-corrected chi connectivity index (χ1v) is 12.3. The topological polar surface area (TPSA) is 141 Å². The molecular formula is C24H31ClO10. The van der Waals surface area contributed by atoms with Gasteiger partial charge in [-0.15, -0.1) is 11.6 Å². The molecule has 4 saturated heterocycles. The summed E-state index contributed by atoms with van der Waals surface area (Å²) in [5.74, 6) is -3.57. The van der Waals surface area contributed by atoms with Crippen molar-refractivity contribution < 1.29 is 48.3 Å². The van der Waals surface area contributed by atoms with Gasteiger partial charge in [0.05, 0.1) is 29.6 Å². The van der Waals surface area contributed by atoms with E-state index in [1.54, 1.807) is 13.8 Å². The highest BCUT2D eigenvalue weighted by molar-refractivity contribution is 6.23. The fourth-order valence-corrected chi connectivity index (χ4v) is 7.51. The van der Waals surface area contributed by atoms with Crippen LogP contribution < -0.4 is 0 Å². The first-order valence-electron chi connectivity index (χ1n) is 11.9. The highest BCUT2D eigenvalue weighted by atomic mass is 35.5. The monoisotopic (exact) mass is 514 g/mol.